The molecule has 6 heteroatoms. The molecule has 1 unspecified atom stereocenters. The maximum absolute atomic E-state index is 11.5. The van der Waals surface area contributed by atoms with Crippen LogP contribution in [-0.2, 0) is 20.9 Å². The first-order valence-electron chi connectivity index (χ1n) is 6.21. The summed E-state index contributed by atoms with van der Waals surface area (Å²) < 4.78 is 5.22. The van der Waals surface area contributed by atoms with Crippen LogP contribution >= 0.6 is 0 Å². The van der Waals surface area contributed by atoms with Crippen molar-refractivity contribution < 1.29 is 24.5 Å². The molecule has 0 radical (unpaired) electrons. The number of amides is 1. The van der Waals surface area contributed by atoms with Crippen molar-refractivity contribution in [1.82, 2.24) is 5.32 Å². The minimum atomic E-state index is -1.47. The number of aliphatic carboxylic acids is 1. The Morgan fingerprint density at radius 3 is 2.55 bits per heavy atom. The van der Waals surface area contributed by atoms with Gasteiger partial charge in [0.2, 0.25) is 5.91 Å². The lowest BCUT2D eigenvalue weighted by atomic mass is 10.0. The van der Waals surface area contributed by atoms with E-state index in [1.807, 2.05) is 30.3 Å². The molecular formula is C14H19NO5. The van der Waals surface area contributed by atoms with Crippen LogP contribution in [-0.4, -0.2) is 40.8 Å². The van der Waals surface area contributed by atoms with Crippen LogP contribution in [0.5, 0.6) is 0 Å². The van der Waals surface area contributed by atoms with Crippen LogP contribution in [0, 0.1) is 0 Å². The van der Waals surface area contributed by atoms with Gasteiger partial charge in [-0.2, -0.15) is 0 Å². The van der Waals surface area contributed by atoms with Crippen LogP contribution in [0.1, 0.15) is 18.9 Å². The predicted molar refractivity (Wildman–Crippen MR) is 72.0 cm³/mol. The summed E-state index contributed by atoms with van der Waals surface area (Å²) in [6, 6.07) is 9.41. The van der Waals surface area contributed by atoms with Crippen molar-refractivity contribution in [2.75, 3.05) is 13.2 Å². The number of carbonyl (C=O) groups excluding carboxylic acids is 1. The Morgan fingerprint density at radius 2 is 1.95 bits per heavy atom. The molecule has 0 aromatic heterocycles. The van der Waals surface area contributed by atoms with Gasteiger partial charge in [0.15, 0.2) is 0 Å². The number of hydrogen-bond acceptors (Lipinski definition) is 4. The third-order valence-corrected chi connectivity index (χ3v) is 2.54. The molecule has 0 aliphatic carbocycles. The zero-order chi connectivity index (χ0) is 15.0. The van der Waals surface area contributed by atoms with Crippen LogP contribution in [0.4, 0.5) is 0 Å². The molecule has 0 aliphatic rings. The first-order valence-corrected chi connectivity index (χ1v) is 6.21. The lowest BCUT2D eigenvalue weighted by molar-refractivity contribution is -0.142. The summed E-state index contributed by atoms with van der Waals surface area (Å²) in [6.07, 6.45) is -0.432. The summed E-state index contributed by atoms with van der Waals surface area (Å²) in [4.78, 5) is 22.0. The number of rotatable bonds is 8. The minimum absolute atomic E-state index is 0.132. The zero-order valence-corrected chi connectivity index (χ0v) is 11.3. The molecule has 1 amide bonds. The van der Waals surface area contributed by atoms with Crippen LogP contribution in [0.3, 0.4) is 0 Å². The van der Waals surface area contributed by atoms with Gasteiger partial charge < -0.3 is 20.3 Å². The largest absolute Gasteiger partial charge is 0.481 e. The highest BCUT2D eigenvalue weighted by molar-refractivity contribution is 5.77. The zero-order valence-electron chi connectivity index (χ0n) is 11.3. The topological polar surface area (TPSA) is 95.9 Å². The van der Waals surface area contributed by atoms with E-state index in [0.29, 0.717) is 6.61 Å². The van der Waals surface area contributed by atoms with Crippen molar-refractivity contribution in [3.8, 4) is 0 Å². The Morgan fingerprint density at radius 1 is 1.30 bits per heavy atom. The second-order valence-corrected chi connectivity index (χ2v) is 4.82. The summed E-state index contributed by atoms with van der Waals surface area (Å²) in [5.41, 5.74) is -0.515. The summed E-state index contributed by atoms with van der Waals surface area (Å²) in [7, 11) is 0. The number of carboxylic acids is 1. The molecule has 20 heavy (non-hydrogen) atoms. The first kappa shape index (κ1) is 16.1. The third kappa shape index (κ3) is 6.86. The number of nitrogens with one attached hydrogen (secondary N) is 1. The lowest BCUT2D eigenvalue weighted by Crippen LogP contribution is -2.43. The van der Waals surface area contributed by atoms with E-state index >= 15 is 0 Å². The lowest BCUT2D eigenvalue weighted by Gasteiger charge is -2.21. The van der Waals surface area contributed by atoms with Gasteiger partial charge in [-0.3, -0.25) is 9.59 Å². The van der Waals surface area contributed by atoms with E-state index in [2.05, 4.69) is 5.32 Å². The molecule has 1 atom stereocenters. The Bertz CT molecular complexity index is 444. The van der Waals surface area contributed by atoms with Gasteiger partial charge in [0.25, 0.3) is 0 Å². The standard InChI is InChI=1S/C14H19NO5/c1-14(19,7-13(17)18)10-15-12(16)9-20-8-11-5-3-2-4-6-11/h2-6,19H,7-10H2,1H3,(H,15,16)(H,17,18). The Balaban J connectivity index is 2.22. The highest BCUT2D eigenvalue weighted by atomic mass is 16.5. The van der Waals surface area contributed by atoms with Crippen LogP contribution in [0.15, 0.2) is 30.3 Å². The van der Waals surface area contributed by atoms with Gasteiger partial charge in [-0.15, -0.1) is 0 Å². The summed E-state index contributed by atoms with van der Waals surface area (Å²) in [6.45, 7) is 1.40. The van der Waals surface area contributed by atoms with Crippen molar-refractivity contribution in [2.24, 2.45) is 0 Å². The molecule has 0 heterocycles. The Hall–Kier alpha value is -1.92. The van der Waals surface area contributed by atoms with Gasteiger partial charge in [0.05, 0.1) is 18.6 Å². The molecule has 0 fully saturated rings. The molecule has 0 spiro atoms. The van der Waals surface area contributed by atoms with Gasteiger partial charge in [0.1, 0.15) is 6.61 Å². The fourth-order valence-electron chi connectivity index (χ4n) is 1.56. The fraction of sp³-hybridized carbons (Fsp3) is 0.429. The average molecular weight is 281 g/mol. The van der Waals surface area contributed by atoms with Crippen molar-refractivity contribution in [1.29, 1.82) is 0 Å². The number of benzene rings is 1. The molecular weight excluding hydrogens is 262 g/mol. The molecule has 110 valence electrons. The van der Waals surface area contributed by atoms with E-state index in [1.165, 1.54) is 6.92 Å². The highest BCUT2D eigenvalue weighted by Gasteiger charge is 2.24. The molecule has 6 nitrogen and oxygen atoms in total. The van der Waals surface area contributed by atoms with Gasteiger partial charge >= 0.3 is 5.97 Å². The molecule has 1 aromatic rings. The van der Waals surface area contributed by atoms with E-state index in [4.69, 9.17) is 9.84 Å². The van der Waals surface area contributed by atoms with Crippen LogP contribution in [0.25, 0.3) is 0 Å². The number of carbonyl (C=O) groups is 2. The van der Waals surface area contributed by atoms with Crippen LogP contribution in [0.2, 0.25) is 0 Å². The van der Waals surface area contributed by atoms with E-state index in [0.717, 1.165) is 5.56 Å². The van der Waals surface area contributed by atoms with Crippen LogP contribution < -0.4 is 5.32 Å². The SMILES string of the molecule is CC(O)(CNC(=O)COCc1ccccc1)CC(=O)O. The third-order valence-electron chi connectivity index (χ3n) is 2.54. The van der Waals surface area contributed by atoms with E-state index in [-0.39, 0.29) is 13.2 Å². The number of ether oxygens (including phenoxy) is 1. The highest BCUT2D eigenvalue weighted by Crippen LogP contribution is 2.07. The van der Waals surface area contributed by atoms with E-state index in [1.54, 1.807) is 0 Å². The number of hydrogen-bond donors (Lipinski definition) is 3. The minimum Gasteiger partial charge on any atom is -0.481 e. The Labute approximate surface area is 117 Å². The van der Waals surface area contributed by atoms with Crippen molar-refractivity contribution in [2.45, 2.75) is 25.6 Å². The smallest absolute Gasteiger partial charge is 0.306 e. The maximum Gasteiger partial charge on any atom is 0.306 e. The number of aliphatic hydroxyl groups is 1. The molecule has 3 N–H and O–H groups in total. The molecule has 1 aromatic carbocycles. The van der Waals surface area contributed by atoms with Crippen molar-refractivity contribution >= 4 is 11.9 Å². The molecule has 1 rings (SSSR count). The van der Waals surface area contributed by atoms with Crippen molar-refractivity contribution in [3.05, 3.63) is 35.9 Å². The van der Waals surface area contributed by atoms with Crippen molar-refractivity contribution in [3.63, 3.8) is 0 Å². The van der Waals surface area contributed by atoms with E-state index in [9.17, 15) is 14.7 Å². The Kier molecular flexibility index (Phi) is 6.14. The molecule has 0 saturated carbocycles. The average Bonchev–Trinajstić information content (AvgIpc) is 2.36. The maximum atomic E-state index is 11.5. The predicted octanol–water partition coefficient (Wildman–Crippen LogP) is 0.545. The van der Waals surface area contributed by atoms with Gasteiger partial charge in [-0.25, -0.2) is 0 Å². The van der Waals surface area contributed by atoms with Gasteiger partial charge in [-0.05, 0) is 12.5 Å². The first-order chi connectivity index (χ1) is 9.39. The van der Waals surface area contributed by atoms with E-state index < -0.39 is 23.9 Å². The monoisotopic (exact) mass is 281 g/mol. The summed E-state index contributed by atoms with van der Waals surface area (Å²) in [5, 5.41) is 20.7. The summed E-state index contributed by atoms with van der Waals surface area (Å²) >= 11 is 0. The summed E-state index contributed by atoms with van der Waals surface area (Å²) in [5.74, 6) is -1.52. The number of carboxylic acid groups (broad SMARTS) is 1. The molecule has 0 bridgehead atoms. The quantitative estimate of drug-likeness (QED) is 0.646. The molecule has 0 saturated heterocycles. The second-order valence-electron chi connectivity index (χ2n) is 4.82. The fourth-order valence-corrected chi connectivity index (χ4v) is 1.56. The second kappa shape index (κ2) is 7.62. The normalized spacial score (nSPS) is 13.5. The van der Waals surface area contributed by atoms with Gasteiger partial charge in [0, 0.05) is 6.54 Å². The van der Waals surface area contributed by atoms with Gasteiger partial charge in [-0.1, -0.05) is 30.3 Å². The molecule has 0 aliphatic heterocycles.